The molecule has 3 rings (SSSR count). The Morgan fingerprint density at radius 1 is 1.25 bits per heavy atom. The lowest BCUT2D eigenvalue weighted by atomic mass is 10.1. The van der Waals surface area contributed by atoms with Crippen LogP contribution in [-0.4, -0.2) is 15.9 Å². The minimum atomic E-state index is -0.149. The monoisotopic (exact) mass is 263 g/mol. The van der Waals surface area contributed by atoms with Gasteiger partial charge in [0.15, 0.2) is 0 Å². The second-order valence-corrected chi connectivity index (χ2v) is 4.62. The van der Waals surface area contributed by atoms with E-state index in [9.17, 15) is 4.79 Å². The molecule has 0 unspecified atom stereocenters. The maximum absolute atomic E-state index is 12.3. The topological polar surface area (TPSA) is 45.2 Å². The van der Waals surface area contributed by atoms with E-state index in [0.29, 0.717) is 24.3 Å². The zero-order valence-corrected chi connectivity index (χ0v) is 10.8. The summed E-state index contributed by atoms with van der Waals surface area (Å²) in [4.78, 5) is 18.0. The van der Waals surface area contributed by atoms with Crippen LogP contribution in [0, 0.1) is 12.3 Å². The average molecular weight is 263 g/mol. The third-order valence-corrected chi connectivity index (χ3v) is 3.35. The Balaban J connectivity index is 1.75. The van der Waals surface area contributed by atoms with Gasteiger partial charge in [0.1, 0.15) is 0 Å². The van der Waals surface area contributed by atoms with Gasteiger partial charge in [-0.05, 0) is 17.2 Å². The first kappa shape index (κ1) is 12.2. The van der Waals surface area contributed by atoms with Gasteiger partial charge in [-0.2, -0.15) is 0 Å². The van der Waals surface area contributed by atoms with Crippen LogP contribution in [0.4, 0.5) is 10.5 Å². The first-order chi connectivity index (χ1) is 9.78. The van der Waals surface area contributed by atoms with Crippen molar-refractivity contribution >= 4 is 11.7 Å². The number of rotatable bonds is 1. The minimum absolute atomic E-state index is 0.149. The molecule has 0 bridgehead atoms. The van der Waals surface area contributed by atoms with Gasteiger partial charge in [-0.25, -0.2) is 4.79 Å². The molecular weight excluding hydrogens is 250 g/mol. The number of terminal acetylenes is 1. The first-order valence-electron chi connectivity index (χ1n) is 6.31. The highest BCUT2D eigenvalue weighted by Gasteiger charge is 2.23. The van der Waals surface area contributed by atoms with Crippen molar-refractivity contribution < 1.29 is 4.79 Å². The highest BCUT2D eigenvalue weighted by atomic mass is 16.2. The zero-order valence-electron chi connectivity index (χ0n) is 10.8. The maximum Gasteiger partial charge on any atom is 0.322 e. The standard InChI is InChI=1S/C16H13N3O/c1-2-12-9-17-8-7-15(12)18-16(20)19-10-13-5-3-4-6-14(13)11-19/h1,3-9H,10-11H2,(H,17,18,20). The number of carbonyl (C=O) groups excluding carboxylic acids is 1. The van der Waals surface area contributed by atoms with Gasteiger partial charge in [0.2, 0.25) is 0 Å². The number of hydrogen-bond acceptors (Lipinski definition) is 2. The first-order valence-corrected chi connectivity index (χ1v) is 6.31. The second kappa shape index (κ2) is 5.06. The predicted molar refractivity (Wildman–Crippen MR) is 76.9 cm³/mol. The number of nitrogens with one attached hydrogen (secondary N) is 1. The van der Waals surface area contributed by atoms with Crippen LogP contribution >= 0.6 is 0 Å². The predicted octanol–water partition coefficient (Wildman–Crippen LogP) is 2.61. The van der Waals surface area contributed by atoms with E-state index < -0.39 is 0 Å². The maximum atomic E-state index is 12.3. The Labute approximate surface area is 117 Å². The molecule has 0 spiro atoms. The lowest BCUT2D eigenvalue weighted by Gasteiger charge is -2.17. The Bertz CT molecular complexity index is 678. The summed E-state index contributed by atoms with van der Waals surface area (Å²) in [5.41, 5.74) is 3.57. The Kier molecular flexibility index (Phi) is 3.10. The summed E-state index contributed by atoms with van der Waals surface area (Å²) < 4.78 is 0. The van der Waals surface area contributed by atoms with E-state index in [0.717, 1.165) is 0 Å². The van der Waals surface area contributed by atoms with Gasteiger partial charge < -0.3 is 10.2 Å². The molecule has 0 saturated carbocycles. The van der Waals surface area contributed by atoms with E-state index in [2.05, 4.69) is 16.2 Å². The van der Waals surface area contributed by atoms with E-state index in [1.54, 1.807) is 23.4 Å². The summed E-state index contributed by atoms with van der Waals surface area (Å²) in [6.07, 6.45) is 8.56. The number of aromatic nitrogens is 1. The fourth-order valence-corrected chi connectivity index (χ4v) is 2.29. The normalized spacial score (nSPS) is 12.7. The molecule has 4 heteroatoms. The van der Waals surface area contributed by atoms with Crippen molar-refractivity contribution in [3.05, 3.63) is 59.4 Å². The molecule has 2 aromatic rings. The molecule has 0 aliphatic carbocycles. The molecule has 2 amide bonds. The number of pyridine rings is 1. The van der Waals surface area contributed by atoms with Crippen LogP contribution in [0.15, 0.2) is 42.7 Å². The van der Waals surface area contributed by atoms with Gasteiger partial charge in [-0.15, -0.1) is 6.42 Å². The molecule has 0 radical (unpaired) electrons. The van der Waals surface area contributed by atoms with Crippen molar-refractivity contribution in [2.24, 2.45) is 0 Å². The van der Waals surface area contributed by atoms with Crippen molar-refractivity contribution in [1.82, 2.24) is 9.88 Å². The minimum Gasteiger partial charge on any atom is -0.316 e. The molecule has 0 saturated heterocycles. The molecule has 4 nitrogen and oxygen atoms in total. The van der Waals surface area contributed by atoms with Gasteiger partial charge in [0.25, 0.3) is 0 Å². The van der Waals surface area contributed by atoms with E-state index in [-0.39, 0.29) is 6.03 Å². The molecule has 0 fully saturated rings. The summed E-state index contributed by atoms with van der Waals surface area (Å²) >= 11 is 0. The Hall–Kier alpha value is -2.80. The number of nitrogens with zero attached hydrogens (tertiary/aromatic N) is 2. The highest BCUT2D eigenvalue weighted by Crippen LogP contribution is 2.23. The van der Waals surface area contributed by atoms with E-state index in [1.807, 2.05) is 24.3 Å². The van der Waals surface area contributed by atoms with Gasteiger partial charge in [-0.1, -0.05) is 30.2 Å². The summed E-state index contributed by atoms with van der Waals surface area (Å²) in [6, 6.07) is 9.61. The van der Waals surface area contributed by atoms with Gasteiger partial charge in [0.05, 0.1) is 11.3 Å². The molecule has 1 aromatic heterocycles. The van der Waals surface area contributed by atoms with Crippen molar-refractivity contribution in [3.63, 3.8) is 0 Å². The third kappa shape index (κ3) is 2.21. The Morgan fingerprint density at radius 2 is 1.95 bits per heavy atom. The number of urea groups is 1. The van der Waals surface area contributed by atoms with Crippen molar-refractivity contribution in [3.8, 4) is 12.3 Å². The smallest absolute Gasteiger partial charge is 0.316 e. The summed E-state index contributed by atoms with van der Waals surface area (Å²) in [6.45, 7) is 1.25. The number of amides is 2. The summed E-state index contributed by atoms with van der Waals surface area (Å²) in [5, 5.41) is 2.84. The van der Waals surface area contributed by atoms with Crippen molar-refractivity contribution in [2.45, 2.75) is 13.1 Å². The highest BCUT2D eigenvalue weighted by molar-refractivity contribution is 5.91. The molecule has 1 aliphatic heterocycles. The molecule has 1 aromatic carbocycles. The summed E-state index contributed by atoms with van der Waals surface area (Å²) in [7, 11) is 0. The molecule has 1 aliphatic rings. The number of carbonyl (C=O) groups is 1. The number of fused-ring (bicyclic) bond motifs is 1. The molecule has 98 valence electrons. The second-order valence-electron chi connectivity index (χ2n) is 4.62. The molecule has 20 heavy (non-hydrogen) atoms. The molecular formula is C16H13N3O. The van der Waals surface area contributed by atoms with Crippen molar-refractivity contribution in [2.75, 3.05) is 5.32 Å². The van der Waals surface area contributed by atoms with E-state index >= 15 is 0 Å². The third-order valence-electron chi connectivity index (χ3n) is 3.35. The molecule has 0 atom stereocenters. The fraction of sp³-hybridized carbons (Fsp3) is 0.125. The van der Waals surface area contributed by atoms with Crippen LogP contribution in [0.2, 0.25) is 0 Å². The number of hydrogen-bond donors (Lipinski definition) is 1. The van der Waals surface area contributed by atoms with Crippen LogP contribution in [0.5, 0.6) is 0 Å². The zero-order chi connectivity index (χ0) is 13.9. The van der Waals surface area contributed by atoms with Gasteiger partial charge in [0, 0.05) is 25.5 Å². The quantitative estimate of drug-likeness (QED) is 0.804. The number of anilines is 1. The van der Waals surface area contributed by atoms with Crippen LogP contribution in [-0.2, 0) is 13.1 Å². The largest absolute Gasteiger partial charge is 0.322 e. The van der Waals surface area contributed by atoms with Crippen LogP contribution < -0.4 is 5.32 Å². The number of benzene rings is 1. The Morgan fingerprint density at radius 3 is 2.60 bits per heavy atom. The summed E-state index contributed by atoms with van der Waals surface area (Å²) in [5.74, 6) is 2.51. The average Bonchev–Trinajstić information content (AvgIpc) is 2.92. The van der Waals surface area contributed by atoms with E-state index in [4.69, 9.17) is 6.42 Å². The molecule has 1 N–H and O–H groups in total. The van der Waals surface area contributed by atoms with Gasteiger partial charge in [-0.3, -0.25) is 4.98 Å². The lowest BCUT2D eigenvalue weighted by Crippen LogP contribution is -2.30. The van der Waals surface area contributed by atoms with Crippen LogP contribution in [0.25, 0.3) is 0 Å². The lowest BCUT2D eigenvalue weighted by molar-refractivity contribution is 0.212. The van der Waals surface area contributed by atoms with Gasteiger partial charge >= 0.3 is 6.03 Å². The molecule has 2 heterocycles. The van der Waals surface area contributed by atoms with Crippen LogP contribution in [0.3, 0.4) is 0 Å². The van der Waals surface area contributed by atoms with E-state index in [1.165, 1.54) is 11.1 Å². The fourth-order valence-electron chi connectivity index (χ4n) is 2.29. The SMILES string of the molecule is C#Cc1cnccc1NC(=O)N1Cc2ccccc2C1. The van der Waals surface area contributed by atoms with Crippen LogP contribution in [0.1, 0.15) is 16.7 Å². The van der Waals surface area contributed by atoms with Crippen molar-refractivity contribution in [1.29, 1.82) is 0 Å².